The molecule has 0 atom stereocenters. The minimum atomic E-state index is -1.40. The van der Waals surface area contributed by atoms with Crippen molar-refractivity contribution in [3.05, 3.63) is 54.6 Å². The highest BCUT2D eigenvalue weighted by Crippen LogP contribution is 2.07. The fourth-order valence-corrected chi connectivity index (χ4v) is 1.46. The van der Waals surface area contributed by atoms with Crippen molar-refractivity contribution in [3.8, 4) is 11.5 Å². The molecule has 0 aliphatic heterocycles. The van der Waals surface area contributed by atoms with Gasteiger partial charge in [0.25, 0.3) is 0 Å². The third-order valence-electron chi connectivity index (χ3n) is 2.52. The monoisotopic (exact) mass is 290 g/mol. The fraction of sp³-hybridized carbons (Fsp3) is 0.200. The molecule has 0 radical (unpaired) electrons. The third-order valence-corrected chi connectivity index (χ3v) is 2.52. The highest BCUT2D eigenvalue weighted by molar-refractivity contribution is 6.58. The van der Waals surface area contributed by atoms with E-state index in [2.05, 4.69) is 0 Å². The van der Waals surface area contributed by atoms with Crippen LogP contribution in [0.15, 0.2) is 54.6 Å². The Morgan fingerprint density at radius 2 is 1.52 bits per heavy atom. The molecule has 21 heavy (non-hydrogen) atoms. The van der Waals surface area contributed by atoms with E-state index in [9.17, 15) is 0 Å². The lowest BCUT2D eigenvalue weighted by Gasteiger charge is -2.01. The Morgan fingerprint density at radius 3 is 2.00 bits per heavy atom. The van der Waals surface area contributed by atoms with Crippen LogP contribution in [-0.2, 0) is 0 Å². The van der Waals surface area contributed by atoms with Crippen LogP contribution in [0.3, 0.4) is 0 Å². The van der Waals surface area contributed by atoms with Gasteiger partial charge in [-0.2, -0.15) is 0 Å². The van der Waals surface area contributed by atoms with Crippen LogP contribution in [-0.4, -0.2) is 42.6 Å². The number of aliphatic hydroxyl groups is 1. The van der Waals surface area contributed by atoms with Crippen LogP contribution in [0.1, 0.15) is 0 Å². The average Bonchev–Trinajstić information content (AvgIpc) is 2.54. The molecule has 5 nitrogen and oxygen atoms in total. The third kappa shape index (κ3) is 6.81. The average molecular weight is 290 g/mol. The first-order valence-corrected chi connectivity index (χ1v) is 6.46. The molecule has 0 spiro atoms. The first kappa shape index (κ1) is 17.0. The van der Waals surface area contributed by atoms with E-state index >= 15 is 0 Å². The van der Waals surface area contributed by atoms with E-state index < -0.39 is 7.12 Å². The second-order valence-corrected chi connectivity index (χ2v) is 4.03. The highest BCUT2D eigenvalue weighted by atomic mass is 16.5. The number of ether oxygens (including phenoxy) is 2. The summed E-state index contributed by atoms with van der Waals surface area (Å²) < 4.78 is 9.99. The summed E-state index contributed by atoms with van der Waals surface area (Å²) in [5.41, 5.74) is 0.464. The van der Waals surface area contributed by atoms with Crippen LogP contribution in [0.5, 0.6) is 11.5 Å². The van der Waals surface area contributed by atoms with Crippen LogP contribution in [0, 0.1) is 0 Å². The minimum absolute atomic E-state index is 0.0644. The largest absolute Gasteiger partial charge is 0.497 e. The molecular formula is C15H19BO5. The van der Waals surface area contributed by atoms with Gasteiger partial charge in [-0.1, -0.05) is 30.3 Å². The zero-order chi connectivity index (χ0) is 15.5. The van der Waals surface area contributed by atoms with Crippen molar-refractivity contribution in [3.63, 3.8) is 0 Å². The topological polar surface area (TPSA) is 79.2 Å². The Hall–Kier alpha value is -2.02. The van der Waals surface area contributed by atoms with Gasteiger partial charge in [-0.15, -0.1) is 0 Å². The molecule has 0 aromatic heterocycles. The number of hydrogen-bond donors (Lipinski definition) is 3. The van der Waals surface area contributed by atoms with E-state index in [4.69, 9.17) is 24.6 Å². The van der Waals surface area contributed by atoms with Gasteiger partial charge < -0.3 is 24.6 Å². The molecular weight excluding hydrogens is 271 g/mol. The van der Waals surface area contributed by atoms with E-state index in [1.54, 1.807) is 31.4 Å². The first-order valence-electron chi connectivity index (χ1n) is 6.46. The molecule has 0 bridgehead atoms. The number of para-hydroxylation sites is 1. The normalized spacial score (nSPS) is 9.33. The van der Waals surface area contributed by atoms with Gasteiger partial charge in [-0.25, -0.2) is 0 Å². The molecule has 2 aromatic rings. The molecule has 3 N–H and O–H groups in total. The van der Waals surface area contributed by atoms with E-state index in [0.29, 0.717) is 17.8 Å². The molecule has 0 aliphatic carbocycles. The number of aliphatic hydroxyl groups excluding tert-OH is 1. The van der Waals surface area contributed by atoms with Gasteiger partial charge in [0.2, 0.25) is 0 Å². The zero-order valence-electron chi connectivity index (χ0n) is 11.8. The minimum Gasteiger partial charge on any atom is -0.497 e. The van der Waals surface area contributed by atoms with Crippen LogP contribution >= 0.6 is 0 Å². The van der Waals surface area contributed by atoms with Crippen molar-refractivity contribution in [2.24, 2.45) is 0 Å². The predicted molar refractivity (Wildman–Crippen MR) is 81.8 cm³/mol. The van der Waals surface area contributed by atoms with E-state index in [-0.39, 0.29) is 6.61 Å². The van der Waals surface area contributed by atoms with Crippen molar-refractivity contribution >= 4 is 12.6 Å². The number of hydrogen-bond acceptors (Lipinski definition) is 5. The molecule has 0 saturated carbocycles. The maximum absolute atomic E-state index is 8.70. The SMILES string of the molecule is COc1ccc(B(O)O)cc1.OCCOc1ccccc1. The Balaban J connectivity index is 0.000000211. The Bertz CT molecular complexity index is 487. The second-order valence-electron chi connectivity index (χ2n) is 4.03. The molecule has 0 heterocycles. The quantitative estimate of drug-likeness (QED) is 0.696. The van der Waals surface area contributed by atoms with Crippen molar-refractivity contribution in [2.75, 3.05) is 20.3 Å². The van der Waals surface area contributed by atoms with Gasteiger partial charge >= 0.3 is 7.12 Å². The molecule has 0 saturated heterocycles. The lowest BCUT2D eigenvalue weighted by atomic mass is 9.80. The molecule has 0 unspecified atom stereocenters. The fourth-order valence-electron chi connectivity index (χ4n) is 1.46. The molecule has 0 aliphatic rings. The number of benzene rings is 2. The second kappa shape index (κ2) is 9.82. The standard InChI is InChI=1S/C8H10O2.C7H9BO3/c9-6-7-10-8-4-2-1-3-5-8;1-11-7-4-2-6(3-5-7)8(9)10/h1-5,9H,6-7H2;2-5,9-10H,1H3. The lowest BCUT2D eigenvalue weighted by Crippen LogP contribution is -2.29. The zero-order valence-corrected chi connectivity index (χ0v) is 11.8. The summed E-state index contributed by atoms with van der Waals surface area (Å²) in [4.78, 5) is 0. The van der Waals surface area contributed by atoms with Gasteiger partial charge in [0, 0.05) is 0 Å². The van der Waals surface area contributed by atoms with Gasteiger partial charge in [0.1, 0.15) is 18.1 Å². The Morgan fingerprint density at radius 1 is 0.905 bits per heavy atom. The summed E-state index contributed by atoms with van der Waals surface area (Å²) >= 11 is 0. The van der Waals surface area contributed by atoms with E-state index in [0.717, 1.165) is 5.75 Å². The van der Waals surface area contributed by atoms with E-state index in [1.807, 2.05) is 30.3 Å². The Kier molecular flexibility index (Phi) is 7.97. The maximum atomic E-state index is 8.70. The summed E-state index contributed by atoms with van der Waals surface area (Å²) in [7, 11) is 0.158. The van der Waals surface area contributed by atoms with Gasteiger partial charge in [0.05, 0.1) is 13.7 Å². The summed E-state index contributed by atoms with van der Waals surface area (Å²) in [6.45, 7) is 0.429. The summed E-state index contributed by atoms with van der Waals surface area (Å²) in [6, 6.07) is 16.0. The summed E-state index contributed by atoms with van der Waals surface area (Å²) in [5.74, 6) is 1.51. The highest BCUT2D eigenvalue weighted by Gasteiger charge is 2.09. The summed E-state index contributed by atoms with van der Waals surface area (Å²) in [6.07, 6.45) is 0. The molecule has 2 rings (SSSR count). The van der Waals surface area contributed by atoms with Crippen molar-refractivity contribution in [2.45, 2.75) is 0 Å². The summed E-state index contributed by atoms with van der Waals surface area (Å²) in [5, 5.41) is 25.8. The van der Waals surface area contributed by atoms with Gasteiger partial charge in [-0.05, 0) is 29.7 Å². The number of methoxy groups -OCH3 is 1. The molecule has 6 heteroatoms. The smallest absolute Gasteiger partial charge is 0.488 e. The van der Waals surface area contributed by atoms with Gasteiger partial charge in [0.15, 0.2) is 0 Å². The maximum Gasteiger partial charge on any atom is 0.488 e. The van der Waals surface area contributed by atoms with Crippen molar-refractivity contribution < 1.29 is 24.6 Å². The van der Waals surface area contributed by atoms with Crippen molar-refractivity contribution in [1.29, 1.82) is 0 Å². The van der Waals surface area contributed by atoms with Crippen molar-refractivity contribution in [1.82, 2.24) is 0 Å². The number of rotatable bonds is 5. The molecule has 0 fully saturated rings. The predicted octanol–water partition coefficient (Wildman–Crippen LogP) is 0.433. The van der Waals surface area contributed by atoms with Crippen LogP contribution < -0.4 is 14.9 Å². The first-order chi connectivity index (χ1) is 10.2. The lowest BCUT2D eigenvalue weighted by molar-refractivity contribution is 0.201. The van der Waals surface area contributed by atoms with E-state index in [1.165, 1.54) is 0 Å². The Labute approximate surface area is 124 Å². The molecule has 2 aromatic carbocycles. The van der Waals surface area contributed by atoms with Crippen LogP contribution in [0.2, 0.25) is 0 Å². The molecule has 0 amide bonds. The van der Waals surface area contributed by atoms with Crippen LogP contribution in [0.25, 0.3) is 0 Å². The molecule has 112 valence electrons. The van der Waals surface area contributed by atoms with Gasteiger partial charge in [-0.3, -0.25) is 0 Å². The van der Waals surface area contributed by atoms with Crippen LogP contribution in [0.4, 0.5) is 0 Å².